The van der Waals surface area contributed by atoms with Gasteiger partial charge in [0.25, 0.3) is 0 Å². The summed E-state index contributed by atoms with van der Waals surface area (Å²) in [6, 6.07) is 12.5. The van der Waals surface area contributed by atoms with Crippen molar-refractivity contribution in [2.45, 2.75) is 12.5 Å². The van der Waals surface area contributed by atoms with Crippen molar-refractivity contribution in [3.63, 3.8) is 0 Å². The summed E-state index contributed by atoms with van der Waals surface area (Å²) in [6.07, 6.45) is 0.924. The zero-order valence-corrected chi connectivity index (χ0v) is 12.8. The van der Waals surface area contributed by atoms with Gasteiger partial charge in [-0.1, -0.05) is 23.7 Å². The lowest BCUT2D eigenvalue weighted by Crippen LogP contribution is -2.18. The average molecular weight is 309 g/mol. The summed E-state index contributed by atoms with van der Waals surface area (Å²) >= 11 is 9.37. The summed E-state index contributed by atoms with van der Waals surface area (Å²) in [4.78, 5) is 6.00. The molecular formula is C14H13ClN2S2. The molecule has 0 saturated heterocycles. The number of likely N-dealkylation sites (N-methyl/N-ethyl adjacent to an activating group) is 1. The Morgan fingerprint density at radius 1 is 1.21 bits per heavy atom. The molecule has 0 aliphatic rings. The van der Waals surface area contributed by atoms with Crippen LogP contribution >= 0.6 is 34.3 Å². The van der Waals surface area contributed by atoms with Gasteiger partial charge in [-0.15, -0.1) is 22.7 Å². The van der Waals surface area contributed by atoms with E-state index in [0.717, 1.165) is 21.3 Å². The minimum absolute atomic E-state index is 0.243. The molecule has 2 aromatic heterocycles. The van der Waals surface area contributed by atoms with Crippen LogP contribution in [0.3, 0.4) is 0 Å². The van der Waals surface area contributed by atoms with Crippen LogP contribution in [0.2, 0.25) is 4.34 Å². The molecule has 5 heteroatoms. The monoisotopic (exact) mass is 308 g/mol. The molecule has 0 saturated carbocycles. The van der Waals surface area contributed by atoms with E-state index >= 15 is 0 Å². The van der Waals surface area contributed by atoms with Gasteiger partial charge in [0.05, 0.1) is 20.6 Å². The highest BCUT2D eigenvalue weighted by molar-refractivity contribution is 7.18. The Bertz CT molecular complexity index is 656. The highest BCUT2D eigenvalue weighted by Crippen LogP contribution is 2.30. The van der Waals surface area contributed by atoms with Crippen LogP contribution in [0.1, 0.15) is 15.9 Å². The lowest BCUT2D eigenvalue weighted by Gasteiger charge is -2.11. The molecule has 0 radical (unpaired) electrons. The van der Waals surface area contributed by atoms with E-state index in [9.17, 15) is 0 Å². The van der Waals surface area contributed by atoms with Gasteiger partial charge in [-0.25, -0.2) is 4.98 Å². The number of nitrogens with one attached hydrogen (secondary N) is 1. The number of hydrogen-bond donors (Lipinski definition) is 1. The molecule has 2 heterocycles. The molecule has 0 fully saturated rings. The second-order valence-electron chi connectivity index (χ2n) is 4.27. The van der Waals surface area contributed by atoms with E-state index in [2.05, 4.69) is 29.6 Å². The van der Waals surface area contributed by atoms with Gasteiger partial charge >= 0.3 is 0 Å². The quantitative estimate of drug-likeness (QED) is 0.767. The fourth-order valence-electron chi connectivity index (χ4n) is 2.01. The highest BCUT2D eigenvalue weighted by atomic mass is 35.5. The summed E-state index contributed by atoms with van der Waals surface area (Å²) < 4.78 is 2.08. The first-order valence-corrected chi connectivity index (χ1v) is 8.04. The predicted octanol–water partition coefficient (Wildman–Crippen LogP) is 4.51. The van der Waals surface area contributed by atoms with E-state index < -0.39 is 0 Å². The van der Waals surface area contributed by atoms with Gasteiger partial charge in [-0.2, -0.15) is 0 Å². The molecule has 0 amide bonds. The fraction of sp³-hybridized carbons (Fsp3) is 0.214. The first-order valence-electron chi connectivity index (χ1n) is 6.03. The maximum absolute atomic E-state index is 5.98. The first-order chi connectivity index (χ1) is 9.26. The standard InChI is InChI=1S/C14H13ClN2S2/c1-16-11(8-9-6-7-13(15)18-9)14-17-10-4-2-3-5-12(10)19-14/h2-7,11,16H,8H2,1H3. The number of hydrogen-bond acceptors (Lipinski definition) is 4. The van der Waals surface area contributed by atoms with E-state index in [1.54, 1.807) is 22.7 Å². The number of fused-ring (bicyclic) bond motifs is 1. The Hall–Kier alpha value is -0.940. The second kappa shape index (κ2) is 5.59. The van der Waals surface area contributed by atoms with Crippen molar-refractivity contribution in [3.05, 3.63) is 50.6 Å². The number of halogens is 1. The summed E-state index contributed by atoms with van der Waals surface area (Å²) in [5.74, 6) is 0. The Labute approximate surface area is 125 Å². The van der Waals surface area contributed by atoms with Crippen molar-refractivity contribution in [2.24, 2.45) is 0 Å². The molecule has 0 aliphatic heterocycles. The minimum Gasteiger partial charge on any atom is -0.311 e. The zero-order chi connectivity index (χ0) is 13.2. The van der Waals surface area contributed by atoms with Crippen LogP contribution in [0.5, 0.6) is 0 Å². The van der Waals surface area contributed by atoms with Crippen molar-refractivity contribution >= 4 is 44.5 Å². The third kappa shape index (κ3) is 2.82. The average Bonchev–Trinajstić information content (AvgIpc) is 3.01. The SMILES string of the molecule is CNC(Cc1ccc(Cl)s1)c1nc2ccccc2s1. The Morgan fingerprint density at radius 3 is 2.74 bits per heavy atom. The molecule has 1 unspecified atom stereocenters. The molecule has 2 nitrogen and oxygen atoms in total. The van der Waals surface area contributed by atoms with Gasteiger partial charge in [-0.3, -0.25) is 0 Å². The molecule has 0 bridgehead atoms. The van der Waals surface area contributed by atoms with Gasteiger partial charge in [-0.05, 0) is 31.3 Å². The Balaban J connectivity index is 1.88. The summed E-state index contributed by atoms with van der Waals surface area (Å²) in [5.41, 5.74) is 1.08. The molecule has 98 valence electrons. The first kappa shape index (κ1) is 13.1. The number of thiazole rings is 1. The number of aromatic nitrogens is 1. The topological polar surface area (TPSA) is 24.9 Å². The van der Waals surface area contributed by atoms with E-state index in [1.807, 2.05) is 19.2 Å². The van der Waals surface area contributed by atoms with Crippen LogP contribution in [0, 0.1) is 0 Å². The number of thiophene rings is 1. The second-order valence-corrected chi connectivity index (χ2v) is 7.13. The molecular weight excluding hydrogens is 296 g/mol. The van der Waals surface area contributed by atoms with Crippen LogP contribution in [-0.4, -0.2) is 12.0 Å². The van der Waals surface area contributed by atoms with Crippen molar-refractivity contribution < 1.29 is 0 Å². The molecule has 3 rings (SSSR count). The number of benzene rings is 1. The lowest BCUT2D eigenvalue weighted by atomic mass is 10.2. The van der Waals surface area contributed by atoms with Crippen molar-refractivity contribution in [2.75, 3.05) is 7.05 Å². The Kier molecular flexibility index (Phi) is 3.84. The number of nitrogens with zero attached hydrogens (tertiary/aromatic N) is 1. The third-order valence-corrected chi connectivity index (χ3v) is 5.39. The molecule has 1 aromatic carbocycles. The van der Waals surface area contributed by atoms with Crippen molar-refractivity contribution in [3.8, 4) is 0 Å². The van der Waals surface area contributed by atoms with Gasteiger partial charge in [0.15, 0.2) is 0 Å². The smallest absolute Gasteiger partial charge is 0.111 e. The van der Waals surface area contributed by atoms with E-state index in [1.165, 1.54) is 9.58 Å². The normalized spacial score (nSPS) is 12.9. The number of para-hydroxylation sites is 1. The van der Waals surface area contributed by atoms with Crippen LogP contribution in [-0.2, 0) is 6.42 Å². The van der Waals surface area contributed by atoms with Gasteiger partial charge in [0.1, 0.15) is 5.01 Å². The zero-order valence-electron chi connectivity index (χ0n) is 10.4. The molecule has 1 N–H and O–H groups in total. The number of rotatable bonds is 4. The molecule has 3 aromatic rings. The van der Waals surface area contributed by atoms with Gasteiger partial charge in [0, 0.05) is 11.3 Å². The maximum atomic E-state index is 5.98. The summed E-state index contributed by atoms with van der Waals surface area (Å²) in [7, 11) is 1.98. The molecule has 1 atom stereocenters. The van der Waals surface area contributed by atoms with Crippen molar-refractivity contribution in [1.29, 1.82) is 0 Å². The van der Waals surface area contributed by atoms with Crippen LogP contribution in [0.4, 0.5) is 0 Å². The van der Waals surface area contributed by atoms with E-state index in [-0.39, 0.29) is 6.04 Å². The summed E-state index contributed by atoms with van der Waals surface area (Å²) in [6.45, 7) is 0. The highest BCUT2D eigenvalue weighted by Gasteiger charge is 2.16. The van der Waals surface area contributed by atoms with Gasteiger partial charge in [0.2, 0.25) is 0 Å². The fourth-order valence-corrected chi connectivity index (χ4v) is 4.23. The molecule has 19 heavy (non-hydrogen) atoms. The predicted molar refractivity (Wildman–Crippen MR) is 84.5 cm³/mol. The van der Waals surface area contributed by atoms with Crippen LogP contribution in [0.25, 0.3) is 10.2 Å². The van der Waals surface area contributed by atoms with E-state index in [4.69, 9.17) is 16.6 Å². The largest absolute Gasteiger partial charge is 0.311 e. The van der Waals surface area contributed by atoms with Crippen LogP contribution in [0.15, 0.2) is 36.4 Å². The van der Waals surface area contributed by atoms with Crippen LogP contribution < -0.4 is 5.32 Å². The molecule has 0 aliphatic carbocycles. The molecule has 0 spiro atoms. The van der Waals surface area contributed by atoms with Gasteiger partial charge < -0.3 is 5.32 Å². The van der Waals surface area contributed by atoms with Crippen molar-refractivity contribution in [1.82, 2.24) is 10.3 Å². The lowest BCUT2D eigenvalue weighted by molar-refractivity contribution is 0.594. The minimum atomic E-state index is 0.243. The summed E-state index contributed by atoms with van der Waals surface area (Å²) in [5, 5.41) is 4.48. The third-order valence-electron chi connectivity index (χ3n) is 2.99. The maximum Gasteiger partial charge on any atom is 0.111 e. The Morgan fingerprint density at radius 2 is 2.05 bits per heavy atom. The van der Waals surface area contributed by atoms with E-state index in [0.29, 0.717) is 0 Å².